The molecule has 0 radical (unpaired) electrons. The summed E-state index contributed by atoms with van der Waals surface area (Å²) in [6.45, 7) is 7.09. The summed E-state index contributed by atoms with van der Waals surface area (Å²) in [4.78, 5) is 6.67. The van der Waals surface area contributed by atoms with Crippen LogP contribution in [0.1, 0.15) is 11.1 Å². The minimum atomic E-state index is 0.820. The predicted molar refractivity (Wildman–Crippen MR) is 69.3 cm³/mol. The average molecular weight is 217 g/mol. The fourth-order valence-electron chi connectivity index (χ4n) is 1.89. The van der Waals surface area contributed by atoms with Crippen molar-refractivity contribution in [2.45, 2.75) is 13.8 Å². The monoisotopic (exact) mass is 217 g/mol. The largest absolute Gasteiger partial charge is 0.378 e. The Morgan fingerprint density at radius 3 is 2.88 bits per heavy atom. The van der Waals surface area contributed by atoms with Crippen LogP contribution in [0.4, 0.5) is 5.69 Å². The van der Waals surface area contributed by atoms with Crippen molar-refractivity contribution in [1.82, 2.24) is 4.90 Å². The molecule has 0 saturated carbocycles. The number of amidine groups is 1. The van der Waals surface area contributed by atoms with E-state index in [4.69, 9.17) is 0 Å². The first-order valence-corrected chi connectivity index (χ1v) is 5.73. The lowest BCUT2D eigenvalue weighted by molar-refractivity contribution is 0.551. The summed E-state index contributed by atoms with van der Waals surface area (Å²) in [7, 11) is 2.09. The van der Waals surface area contributed by atoms with Gasteiger partial charge in [0.1, 0.15) is 5.84 Å². The number of likely N-dealkylation sites (N-methyl/N-ethyl adjacent to an activating group) is 1. The molecule has 0 spiro atoms. The average Bonchev–Trinajstić information content (AvgIpc) is 2.67. The molecule has 1 N–H and O–H groups in total. The molecule has 3 nitrogen and oxygen atoms in total. The Morgan fingerprint density at radius 2 is 2.19 bits per heavy atom. The van der Waals surface area contributed by atoms with Gasteiger partial charge in [-0.1, -0.05) is 12.1 Å². The summed E-state index contributed by atoms with van der Waals surface area (Å²) in [6.07, 6.45) is 0. The lowest BCUT2D eigenvalue weighted by Gasteiger charge is -2.16. The fraction of sp³-hybridized carbons (Fsp3) is 0.462. The van der Waals surface area contributed by atoms with Gasteiger partial charge in [0.2, 0.25) is 0 Å². The van der Waals surface area contributed by atoms with E-state index in [0.717, 1.165) is 25.5 Å². The second-order valence-corrected chi connectivity index (χ2v) is 4.32. The van der Waals surface area contributed by atoms with Gasteiger partial charge in [0.15, 0.2) is 0 Å². The zero-order valence-electron chi connectivity index (χ0n) is 10.2. The summed E-state index contributed by atoms with van der Waals surface area (Å²) < 4.78 is 0. The Labute approximate surface area is 97.2 Å². The molecule has 0 fully saturated rings. The van der Waals surface area contributed by atoms with Crippen LogP contribution in [0.5, 0.6) is 0 Å². The lowest BCUT2D eigenvalue weighted by Crippen LogP contribution is -2.28. The molecule has 0 bridgehead atoms. The third-order valence-electron chi connectivity index (χ3n) is 3.21. The van der Waals surface area contributed by atoms with Crippen molar-refractivity contribution in [3.63, 3.8) is 0 Å². The number of benzene rings is 1. The Balaban J connectivity index is 2.02. The number of hydrogen-bond acceptors (Lipinski definition) is 3. The van der Waals surface area contributed by atoms with Gasteiger partial charge >= 0.3 is 0 Å². The summed E-state index contributed by atoms with van der Waals surface area (Å²) in [5, 5.41) is 3.45. The smallest absolute Gasteiger partial charge is 0.118 e. The van der Waals surface area contributed by atoms with Gasteiger partial charge in [-0.15, -0.1) is 0 Å². The van der Waals surface area contributed by atoms with Gasteiger partial charge in [0.25, 0.3) is 0 Å². The molecule has 0 amide bonds. The topological polar surface area (TPSA) is 27.6 Å². The molecule has 0 unspecified atom stereocenters. The third kappa shape index (κ3) is 2.18. The van der Waals surface area contributed by atoms with Crippen LogP contribution in [0.25, 0.3) is 0 Å². The van der Waals surface area contributed by atoms with Crippen LogP contribution in [-0.2, 0) is 0 Å². The van der Waals surface area contributed by atoms with Crippen molar-refractivity contribution in [2.75, 3.05) is 32.0 Å². The Kier molecular flexibility index (Phi) is 3.13. The first-order chi connectivity index (χ1) is 7.68. The van der Waals surface area contributed by atoms with Crippen molar-refractivity contribution >= 4 is 11.5 Å². The van der Waals surface area contributed by atoms with Gasteiger partial charge in [-0.05, 0) is 31.0 Å². The fourth-order valence-corrected chi connectivity index (χ4v) is 1.89. The van der Waals surface area contributed by atoms with Crippen LogP contribution in [0.2, 0.25) is 0 Å². The van der Waals surface area contributed by atoms with Gasteiger partial charge in [-0.2, -0.15) is 0 Å². The quantitative estimate of drug-likeness (QED) is 0.839. The normalized spacial score (nSPS) is 15.2. The number of nitrogens with one attached hydrogen (secondary N) is 1. The summed E-state index contributed by atoms with van der Waals surface area (Å²) in [5.74, 6) is 1.15. The molecule has 0 aliphatic carbocycles. The molecule has 16 heavy (non-hydrogen) atoms. The highest BCUT2D eigenvalue weighted by Crippen LogP contribution is 2.17. The van der Waals surface area contributed by atoms with Gasteiger partial charge < -0.3 is 10.2 Å². The van der Waals surface area contributed by atoms with Crippen molar-refractivity contribution in [3.05, 3.63) is 29.3 Å². The minimum Gasteiger partial charge on any atom is -0.378 e. The van der Waals surface area contributed by atoms with E-state index in [1.54, 1.807) is 0 Å². The number of nitrogens with zero attached hydrogens (tertiary/aromatic N) is 2. The van der Waals surface area contributed by atoms with Crippen molar-refractivity contribution in [3.8, 4) is 0 Å². The highest BCUT2D eigenvalue weighted by Gasteiger charge is 2.11. The molecule has 1 aromatic rings. The zero-order chi connectivity index (χ0) is 11.5. The minimum absolute atomic E-state index is 0.820. The molecule has 2 rings (SSSR count). The van der Waals surface area contributed by atoms with E-state index in [1.807, 2.05) is 0 Å². The van der Waals surface area contributed by atoms with Crippen LogP contribution in [-0.4, -0.2) is 37.4 Å². The third-order valence-corrected chi connectivity index (χ3v) is 3.21. The maximum atomic E-state index is 4.46. The van der Waals surface area contributed by atoms with Gasteiger partial charge in [-0.25, -0.2) is 0 Å². The summed E-state index contributed by atoms with van der Waals surface area (Å²) in [6, 6.07) is 6.35. The van der Waals surface area contributed by atoms with E-state index in [-0.39, 0.29) is 0 Å². The maximum absolute atomic E-state index is 4.46. The lowest BCUT2D eigenvalue weighted by atomic mass is 10.1. The highest BCUT2D eigenvalue weighted by atomic mass is 15.2. The van der Waals surface area contributed by atoms with Crippen LogP contribution in [0.3, 0.4) is 0 Å². The molecule has 0 atom stereocenters. The Hall–Kier alpha value is -1.51. The van der Waals surface area contributed by atoms with E-state index in [2.05, 4.69) is 54.3 Å². The van der Waals surface area contributed by atoms with Crippen LogP contribution >= 0.6 is 0 Å². The second-order valence-electron chi connectivity index (χ2n) is 4.32. The molecule has 0 aromatic heterocycles. The predicted octanol–water partition coefficient (Wildman–Crippen LogP) is 2.06. The van der Waals surface area contributed by atoms with Crippen molar-refractivity contribution in [1.29, 1.82) is 0 Å². The van der Waals surface area contributed by atoms with Crippen molar-refractivity contribution in [2.24, 2.45) is 4.99 Å². The first-order valence-electron chi connectivity index (χ1n) is 5.73. The standard InChI is InChI=1S/C13H19N3/c1-10-5-4-6-12(11(10)2)15-9-13-14-7-8-16(13)3/h4-6,15H,7-9H2,1-3H3. The molecule has 86 valence electrons. The van der Waals surface area contributed by atoms with E-state index in [0.29, 0.717) is 0 Å². The SMILES string of the molecule is Cc1cccc(NCC2=NCCN2C)c1C. The summed E-state index contributed by atoms with van der Waals surface area (Å²) in [5.41, 5.74) is 3.86. The van der Waals surface area contributed by atoms with Gasteiger partial charge in [-0.3, -0.25) is 4.99 Å². The van der Waals surface area contributed by atoms with Crippen molar-refractivity contribution < 1.29 is 0 Å². The van der Waals surface area contributed by atoms with E-state index < -0.39 is 0 Å². The number of hydrogen-bond donors (Lipinski definition) is 1. The molecule has 1 heterocycles. The molecular formula is C13H19N3. The first kappa shape index (κ1) is 11.0. The van der Waals surface area contributed by atoms with E-state index >= 15 is 0 Å². The van der Waals surface area contributed by atoms with Crippen LogP contribution < -0.4 is 5.32 Å². The number of anilines is 1. The Bertz CT molecular complexity index is 410. The molecule has 1 aliphatic rings. The highest BCUT2D eigenvalue weighted by molar-refractivity contribution is 5.87. The maximum Gasteiger partial charge on any atom is 0.118 e. The zero-order valence-corrected chi connectivity index (χ0v) is 10.2. The van der Waals surface area contributed by atoms with E-state index in [1.165, 1.54) is 16.8 Å². The van der Waals surface area contributed by atoms with Gasteiger partial charge in [0, 0.05) is 19.3 Å². The van der Waals surface area contributed by atoms with Gasteiger partial charge in [0.05, 0.1) is 13.1 Å². The summed E-state index contributed by atoms with van der Waals surface area (Å²) >= 11 is 0. The number of rotatable bonds is 3. The number of aryl methyl sites for hydroxylation is 1. The molecule has 1 aliphatic heterocycles. The Morgan fingerprint density at radius 1 is 1.38 bits per heavy atom. The molecular weight excluding hydrogens is 198 g/mol. The second kappa shape index (κ2) is 4.56. The van der Waals surface area contributed by atoms with E-state index in [9.17, 15) is 0 Å². The van der Waals surface area contributed by atoms with Crippen LogP contribution in [0.15, 0.2) is 23.2 Å². The molecule has 1 aromatic carbocycles. The molecule has 3 heteroatoms. The molecule has 0 saturated heterocycles. The van der Waals surface area contributed by atoms with Crippen LogP contribution in [0, 0.1) is 13.8 Å². The number of aliphatic imine (C=N–C) groups is 1.